The fraction of sp³-hybridized carbons (Fsp3) is 0.692. The third kappa shape index (κ3) is 2.57. The Kier molecular flexibility index (Phi) is 3.62. The zero-order valence-corrected chi connectivity index (χ0v) is 10.5. The van der Waals surface area contributed by atoms with Gasteiger partial charge in [0.25, 0.3) is 0 Å². The zero-order valence-electron chi connectivity index (χ0n) is 10.5. The maximum absolute atomic E-state index is 12.4. The summed E-state index contributed by atoms with van der Waals surface area (Å²) < 4.78 is 1.73. The average molecular weight is 235 g/mol. The average Bonchev–Trinajstić information content (AvgIpc) is 2.75. The molecular weight excluding hydrogens is 214 g/mol. The number of aromatic nitrogens is 2. The minimum atomic E-state index is -0.256. The Bertz CT molecular complexity index is 391. The van der Waals surface area contributed by atoms with Crippen molar-refractivity contribution in [2.75, 3.05) is 6.54 Å². The van der Waals surface area contributed by atoms with E-state index in [2.05, 4.69) is 5.10 Å². The van der Waals surface area contributed by atoms with Crippen LogP contribution in [0.4, 0.5) is 0 Å². The number of nitrogens with zero attached hydrogens (tertiary/aromatic N) is 2. The van der Waals surface area contributed by atoms with E-state index in [9.17, 15) is 4.79 Å². The summed E-state index contributed by atoms with van der Waals surface area (Å²) in [7, 11) is 1.87. The highest BCUT2D eigenvalue weighted by atomic mass is 16.1. The van der Waals surface area contributed by atoms with Gasteiger partial charge in [0.1, 0.15) is 5.78 Å². The number of nitrogens with two attached hydrogens (primary N) is 1. The Hall–Kier alpha value is -1.16. The van der Waals surface area contributed by atoms with Crippen LogP contribution in [0.25, 0.3) is 0 Å². The van der Waals surface area contributed by atoms with E-state index in [1.807, 2.05) is 13.2 Å². The number of ketones is 1. The van der Waals surface area contributed by atoms with E-state index in [1.165, 1.54) is 6.42 Å². The molecule has 1 saturated carbocycles. The number of rotatable bonds is 4. The second-order valence-electron chi connectivity index (χ2n) is 5.17. The summed E-state index contributed by atoms with van der Waals surface area (Å²) in [5, 5.41) is 4.10. The molecule has 0 radical (unpaired) electrons. The van der Waals surface area contributed by atoms with Crippen molar-refractivity contribution in [3.05, 3.63) is 18.0 Å². The van der Waals surface area contributed by atoms with Crippen LogP contribution in [-0.4, -0.2) is 22.1 Å². The minimum absolute atomic E-state index is 0.256. The van der Waals surface area contributed by atoms with Crippen LogP contribution in [0.1, 0.15) is 37.7 Å². The van der Waals surface area contributed by atoms with Crippen LogP contribution in [0.5, 0.6) is 0 Å². The molecule has 1 aromatic heterocycles. The first-order chi connectivity index (χ1) is 8.16. The Morgan fingerprint density at radius 2 is 2.18 bits per heavy atom. The van der Waals surface area contributed by atoms with Gasteiger partial charge in [0.05, 0.1) is 6.20 Å². The molecule has 1 aliphatic rings. The SMILES string of the molecule is Cn1cc(CC(=O)C2(CN)CCCCC2)cn1. The monoisotopic (exact) mass is 235 g/mol. The second-order valence-corrected chi connectivity index (χ2v) is 5.17. The lowest BCUT2D eigenvalue weighted by molar-refractivity contribution is -0.129. The Morgan fingerprint density at radius 3 is 2.71 bits per heavy atom. The molecule has 1 aliphatic carbocycles. The molecule has 4 heteroatoms. The van der Waals surface area contributed by atoms with Gasteiger partial charge in [0, 0.05) is 31.6 Å². The summed E-state index contributed by atoms with van der Waals surface area (Å²) in [6, 6.07) is 0. The van der Waals surface area contributed by atoms with E-state index in [4.69, 9.17) is 5.73 Å². The van der Waals surface area contributed by atoms with Crippen LogP contribution in [0, 0.1) is 5.41 Å². The predicted octanol–water partition coefficient (Wildman–Crippen LogP) is 1.44. The fourth-order valence-corrected chi connectivity index (χ4v) is 2.76. The van der Waals surface area contributed by atoms with E-state index in [0.717, 1.165) is 31.2 Å². The quantitative estimate of drug-likeness (QED) is 0.859. The highest BCUT2D eigenvalue weighted by Crippen LogP contribution is 2.37. The molecule has 2 N–H and O–H groups in total. The molecule has 0 aliphatic heterocycles. The van der Waals surface area contributed by atoms with Crippen LogP contribution >= 0.6 is 0 Å². The van der Waals surface area contributed by atoms with Gasteiger partial charge in [-0.05, 0) is 18.4 Å². The van der Waals surface area contributed by atoms with Gasteiger partial charge < -0.3 is 5.73 Å². The molecule has 0 unspecified atom stereocenters. The standard InChI is InChI=1S/C13H21N3O/c1-16-9-11(8-15-16)7-12(17)13(10-14)5-3-2-4-6-13/h8-9H,2-7,10,14H2,1H3. The summed E-state index contributed by atoms with van der Waals surface area (Å²) >= 11 is 0. The van der Waals surface area contributed by atoms with Crippen molar-refractivity contribution in [1.29, 1.82) is 0 Å². The summed E-state index contributed by atoms with van der Waals surface area (Å²) in [5.41, 5.74) is 6.60. The van der Waals surface area contributed by atoms with Crippen LogP contribution < -0.4 is 5.73 Å². The maximum Gasteiger partial charge on any atom is 0.144 e. The molecule has 0 atom stereocenters. The molecule has 1 heterocycles. The van der Waals surface area contributed by atoms with Crippen LogP contribution in [0.15, 0.2) is 12.4 Å². The Labute approximate surface area is 102 Å². The summed E-state index contributed by atoms with van der Waals surface area (Å²) in [6.45, 7) is 0.492. The van der Waals surface area contributed by atoms with Crippen molar-refractivity contribution in [1.82, 2.24) is 9.78 Å². The fourth-order valence-electron chi connectivity index (χ4n) is 2.76. The molecule has 1 fully saturated rings. The summed E-state index contributed by atoms with van der Waals surface area (Å²) in [5.74, 6) is 0.299. The lowest BCUT2D eigenvalue weighted by Gasteiger charge is -2.34. The minimum Gasteiger partial charge on any atom is -0.329 e. The Morgan fingerprint density at radius 1 is 1.47 bits per heavy atom. The van der Waals surface area contributed by atoms with Crippen LogP contribution in [0.2, 0.25) is 0 Å². The van der Waals surface area contributed by atoms with Crippen LogP contribution in [0.3, 0.4) is 0 Å². The van der Waals surface area contributed by atoms with Gasteiger partial charge in [-0.15, -0.1) is 0 Å². The predicted molar refractivity (Wildman–Crippen MR) is 66.5 cm³/mol. The van der Waals surface area contributed by atoms with Gasteiger partial charge in [0.15, 0.2) is 0 Å². The van der Waals surface area contributed by atoms with E-state index in [1.54, 1.807) is 10.9 Å². The third-order valence-corrected chi connectivity index (χ3v) is 3.92. The number of hydrogen-bond donors (Lipinski definition) is 1. The lowest BCUT2D eigenvalue weighted by atomic mass is 9.70. The number of carbonyl (C=O) groups is 1. The van der Waals surface area contributed by atoms with Crippen LogP contribution in [-0.2, 0) is 18.3 Å². The smallest absolute Gasteiger partial charge is 0.144 e. The summed E-state index contributed by atoms with van der Waals surface area (Å²) in [4.78, 5) is 12.4. The van der Waals surface area contributed by atoms with Gasteiger partial charge in [-0.25, -0.2) is 0 Å². The van der Waals surface area contributed by atoms with Crippen molar-refractivity contribution in [3.63, 3.8) is 0 Å². The maximum atomic E-state index is 12.4. The lowest BCUT2D eigenvalue weighted by Crippen LogP contribution is -2.41. The highest BCUT2D eigenvalue weighted by Gasteiger charge is 2.37. The zero-order chi connectivity index (χ0) is 12.3. The topological polar surface area (TPSA) is 60.9 Å². The molecule has 0 bridgehead atoms. The molecular formula is C13H21N3O. The molecule has 17 heavy (non-hydrogen) atoms. The van der Waals surface area contributed by atoms with Crippen molar-refractivity contribution in [2.45, 2.75) is 38.5 Å². The highest BCUT2D eigenvalue weighted by molar-refractivity contribution is 5.87. The Balaban J connectivity index is 2.07. The molecule has 0 aromatic carbocycles. The first-order valence-corrected chi connectivity index (χ1v) is 6.37. The first-order valence-electron chi connectivity index (χ1n) is 6.37. The van der Waals surface area contributed by atoms with E-state index < -0.39 is 0 Å². The van der Waals surface area contributed by atoms with Crippen molar-refractivity contribution < 1.29 is 4.79 Å². The number of Topliss-reactive ketones (excluding diaryl/α,β-unsaturated/α-hetero) is 1. The van der Waals surface area contributed by atoms with Gasteiger partial charge >= 0.3 is 0 Å². The number of hydrogen-bond acceptors (Lipinski definition) is 3. The second kappa shape index (κ2) is 5.00. The van der Waals surface area contributed by atoms with E-state index in [-0.39, 0.29) is 5.41 Å². The molecule has 0 amide bonds. The van der Waals surface area contributed by atoms with E-state index in [0.29, 0.717) is 18.7 Å². The normalized spacial score (nSPS) is 19.2. The number of carbonyl (C=O) groups excluding carboxylic acids is 1. The summed E-state index contributed by atoms with van der Waals surface area (Å²) in [6.07, 6.45) is 9.58. The molecule has 2 rings (SSSR count). The van der Waals surface area contributed by atoms with Gasteiger partial charge in [-0.3, -0.25) is 9.48 Å². The van der Waals surface area contributed by atoms with Gasteiger partial charge in [0.2, 0.25) is 0 Å². The molecule has 4 nitrogen and oxygen atoms in total. The molecule has 0 saturated heterocycles. The van der Waals surface area contributed by atoms with Crippen molar-refractivity contribution in [2.24, 2.45) is 18.2 Å². The first kappa shape index (κ1) is 12.3. The van der Waals surface area contributed by atoms with Crippen molar-refractivity contribution in [3.8, 4) is 0 Å². The molecule has 0 spiro atoms. The van der Waals surface area contributed by atoms with E-state index >= 15 is 0 Å². The van der Waals surface area contributed by atoms with Gasteiger partial charge in [-0.2, -0.15) is 5.10 Å². The van der Waals surface area contributed by atoms with Crippen molar-refractivity contribution >= 4 is 5.78 Å². The third-order valence-electron chi connectivity index (χ3n) is 3.92. The number of aryl methyl sites for hydroxylation is 1. The molecule has 1 aromatic rings. The van der Waals surface area contributed by atoms with Gasteiger partial charge in [-0.1, -0.05) is 19.3 Å². The molecule has 94 valence electrons. The largest absolute Gasteiger partial charge is 0.329 e.